The van der Waals surface area contributed by atoms with Gasteiger partial charge in [0.1, 0.15) is 10.1 Å². The van der Waals surface area contributed by atoms with Crippen molar-refractivity contribution in [2.45, 2.75) is 4.90 Å². The predicted molar refractivity (Wildman–Crippen MR) is 48.3 cm³/mol. The first kappa shape index (κ1) is 17.9. The summed E-state index contributed by atoms with van der Waals surface area (Å²) in [5.41, 5.74) is 0. The van der Waals surface area contributed by atoms with Crippen LogP contribution in [0.2, 0.25) is 0 Å². The molecule has 0 aliphatic heterocycles. The molecule has 0 radical (unpaired) electrons. The fourth-order valence-corrected chi connectivity index (χ4v) is 1.08. The molecule has 0 heterocycles. The van der Waals surface area contributed by atoms with E-state index < -0.39 is 10.1 Å². The van der Waals surface area contributed by atoms with Crippen LogP contribution < -0.4 is 12.3 Å². The lowest BCUT2D eigenvalue weighted by atomic mass is 10.4. The highest BCUT2D eigenvalue weighted by Gasteiger charge is 1.95. The summed E-state index contributed by atoms with van der Waals surface area (Å²) in [6.07, 6.45) is 0. The van der Waals surface area contributed by atoms with Crippen LogP contribution >= 0.6 is 0 Å². The van der Waals surface area contributed by atoms with E-state index in [0.717, 1.165) is 0 Å². The highest BCUT2D eigenvalue weighted by atomic mass is 32.2. The fourth-order valence-electron chi connectivity index (χ4n) is 0.587. The Morgan fingerprint density at radius 1 is 1.00 bits per heavy atom. The third-order valence-corrected chi connectivity index (χ3v) is 1.88. The van der Waals surface area contributed by atoms with E-state index in [4.69, 9.17) is 0 Å². The Bertz CT molecular complexity index is 311. The third kappa shape index (κ3) is 5.28. The van der Waals surface area contributed by atoms with Crippen LogP contribution in [-0.4, -0.2) is 18.4 Å². The smallest absolute Gasteiger partial charge is 0.124 e. The standard InChI is InChI=1S/C6H6O3S.2H3N.H2O/c7-10(8,9)6-4-2-1-3-5-6;;;/h1-5H,(H,7,8,9);2*1H3;1H2. The molecule has 0 saturated carbocycles. The van der Waals surface area contributed by atoms with E-state index >= 15 is 0 Å². The van der Waals surface area contributed by atoms with Gasteiger partial charge in [-0.2, -0.15) is 0 Å². The van der Waals surface area contributed by atoms with Gasteiger partial charge in [0.05, 0.1) is 4.90 Å². The van der Waals surface area contributed by atoms with Crippen LogP contribution in [0.15, 0.2) is 35.2 Å². The van der Waals surface area contributed by atoms with Crippen molar-refractivity contribution in [1.82, 2.24) is 12.3 Å². The minimum absolute atomic E-state index is 0. The molecule has 0 aromatic heterocycles. The second-order valence-electron chi connectivity index (χ2n) is 1.77. The van der Waals surface area contributed by atoms with Crippen LogP contribution in [0.3, 0.4) is 0 Å². The van der Waals surface area contributed by atoms with Crippen LogP contribution in [0.1, 0.15) is 0 Å². The molecule has 1 aromatic rings. The van der Waals surface area contributed by atoms with Gasteiger partial charge in [-0.05, 0) is 12.1 Å². The summed E-state index contributed by atoms with van der Waals surface area (Å²) < 4.78 is 30.8. The lowest BCUT2D eigenvalue weighted by Gasteiger charge is -2.04. The van der Waals surface area contributed by atoms with Crippen LogP contribution in [0.25, 0.3) is 0 Å². The largest absolute Gasteiger partial charge is 0.870 e. The summed E-state index contributed by atoms with van der Waals surface area (Å²) in [6, 6.07) is 7.19. The summed E-state index contributed by atoms with van der Waals surface area (Å²) in [7, 11) is -4.25. The molecule has 0 saturated heterocycles. The number of hydrogen-bond acceptors (Lipinski definition) is 4. The highest BCUT2D eigenvalue weighted by Crippen LogP contribution is 2.04. The van der Waals surface area contributed by atoms with Crippen molar-refractivity contribution in [3.63, 3.8) is 0 Å². The average molecular weight is 210 g/mol. The third-order valence-electron chi connectivity index (χ3n) is 1.03. The lowest BCUT2D eigenvalue weighted by molar-refractivity contribution is 0.463. The van der Waals surface area contributed by atoms with E-state index in [1.54, 1.807) is 6.07 Å². The molecule has 1 aromatic carbocycles. The number of hydrogen-bond donors (Lipinski definition) is 2. The first-order chi connectivity index (χ1) is 4.61. The Hall–Kier alpha value is -0.990. The van der Waals surface area contributed by atoms with Crippen molar-refractivity contribution in [3.05, 3.63) is 30.3 Å². The SMILES string of the molecule is O=S(=O)([O-])c1ccccc1.[NH4+].[NH4+].[OH-]. The molecular weight excluding hydrogens is 196 g/mol. The van der Waals surface area contributed by atoms with Gasteiger partial charge in [-0.1, -0.05) is 18.2 Å². The van der Waals surface area contributed by atoms with Gasteiger partial charge in [0, 0.05) is 0 Å². The lowest BCUT2D eigenvalue weighted by Crippen LogP contribution is -1.96. The summed E-state index contributed by atoms with van der Waals surface area (Å²) in [6.45, 7) is 0. The zero-order valence-corrected chi connectivity index (χ0v) is 8.28. The van der Waals surface area contributed by atoms with E-state index in [1.165, 1.54) is 24.3 Å². The van der Waals surface area contributed by atoms with Crippen molar-refractivity contribution in [2.75, 3.05) is 0 Å². The molecule has 0 bridgehead atoms. The molecule has 7 heteroatoms. The van der Waals surface area contributed by atoms with E-state index in [-0.39, 0.29) is 22.7 Å². The molecular formula is C6H14N2O4S. The van der Waals surface area contributed by atoms with Gasteiger partial charge >= 0.3 is 0 Å². The summed E-state index contributed by atoms with van der Waals surface area (Å²) in [5.74, 6) is 0. The molecule has 13 heavy (non-hydrogen) atoms. The molecule has 78 valence electrons. The Morgan fingerprint density at radius 3 is 1.62 bits per heavy atom. The molecule has 0 aliphatic carbocycles. The van der Waals surface area contributed by atoms with Gasteiger partial charge in [0.15, 0.2) is 0 Å². The number of benzene rings is 1. The van der Waals surface area contributed by atoms with Gasteiger partial charge < -0.3 is 22.3 Å². The fraction of sp³-hybridized carbons (Fsp3) is 0. The molecule has 6 nitrogen and oxygen atoms in total. The van der Waals surface area contributed by atoms with Gasteiger partial charge in [-0.3, -0.25) is 0 Å². The Balaban J connectivity index is -0.000000333. The molecule has 0 fully saturated rings. The average Bonchev–Trinajstić information content (AvgIpc) is 1.88. The van der Waals surface area contributed by atoms with Gasteiger partial charge in [-0.25, -0.2) is 8.42 Å². The number of quaternary nitrogens is 2. The van der Waals surface area contributed by atoms with Gasteiger partial charge in [-0.15, -0.1) is 0 Å². The topological polar surface area (TPSA) is 160 Å². The van der Waals surface area contributed by atoms with Crippen molar-refractivity contribution in [2.24, 2.45) is 0 Å². The molecule has 0 spiro atoms. The van der Waals surface area contributed by atoms with Crippen molar-refractivity contribution in [1.29, 1.82) is 0 Å². The molecule has 1 rings (SSSR count). The maximum atomic E-state index is 10.3. The zero-order valence-electron chi connectivity index (χ0n) is 7.47. The molecule has 0 aliphatic rings. The molecule has 0 unspecified atom stereocenters. The highest BCUT2D eigenvalue weighted by molar-refractivity contribution is 7.85. The molecule has 9 N–H and O–H groups in total. The van der Waals surface area contributed by atoms with Crippen molar-refractivity contribution in [3.8, 4) is 0 Å². The monoisotopic (exact) mass is 210 g/mol. The summed E-state index contributed by atoms with van der Waals surface area (Å²) >= 11 is 0. The van der Waals surface area contributed by atoms with E-state index in [2.05, 4.69) is 0 Å². The second kappa shape index (κ2) is 6.52. The van der Waals surface area contributed by atoms with Crippen LogP contribution in [0, 0.1) is 0 Å². The minimum Gasteiger partial charge on any atom is -0.870 e. The minimum atomic E-state index is -4.25. The summed E-state index contributed by atoms with van der Waals surface area (Å²) in [5, 5.41) is 0. The molecule has 0 atom stereocenters. The van der Waals surface area contributed by atoms with Crippen LogP contribution in [0.4, 0.5) is 0 Å². The Kier molecular flexibility index (Phi) is 8.99. The van der Waals surface area contributed by atoms with Crippen LogP contribution in [-0.2, 0) is 10.1 Å². The maximum absolute atomic E-state index is 10.3. The Morgan fingerprint density at radius 2 is 1.38 bits per heavy atom. The number of rotatable bonds is 1. The van der Waals surface area contributed by atoms with Crippen molar-refractivity contribution >= 4 is 10.1 Å². The van der Waals surface area contributed by atoms with E-state index in [1.807, 2.05) is 0 Å². The predicted octanol–water partition coefficient (Wildman–Crippen LogP) is 1.17. The zero-order chi connectivity index (χ0) is 7.61. The van der Waals surface area contributed by atoms with E-state index in [9.17, 15) is 13.0 Å². The first-order valence-electron chi connectivity index (χ1n) is 2.61. The first-order valence-corrected chi connectivity index (χ1v) is 4.02. The quantitative estimate of drug-likeness (QED) is 0.665. The van der Waals surface area contributed by atoms with Crippen LogP contribution in [0.5, 0.6) is 0 Å². The normalized spacial score (nSPS) is 8.69. The van der Waals surface area contributed by atoms with Crippen molar-refractivity contribution < 1.29 is 18.4 Å². The van der Waals surface area contributed by atoms with Gasteiger partial charge in [0.2, 0.25) is 0 Å². The summed E-state index contributed by atoms with van der Waals surface area (Å²) in [4.78, 5) is -0.185. The van der Waals surface area contributed by atoms with E-state index in [0.29, 0.717) is 0 Å². The Labute approximate surface area is 76.8 Å². The molecule has 0 amide bonds. The second-order valence-corrected chi connectivity index (χ2v) is 3.15. The maximum Gasteiger partial charge on any atom is 0.124 e. The van der Waals surface area contributed by atoms with Gasteiger partial charge in [0.25, 0.3) is 0 Å².